The van der Waals surface area contributed by atoms with Gasteiger partial charge in [-0.1, -0.05) is 54.6 Å². The standard InChI is InChI=1S/C39H34N4O7/c1-26(44)42-35(39(47)48-2)21-32-16-13-29(23-41)19-36(32)49-25-34(17-18-37(45)50-24-28-7-4-3-5-8-28)43-38(46)33-10-6-9-31(20-33)30-14-11-27(22-40)12-15-30/h3-16,19-21,34H,17-18,24-25H2,1-2H3,(H,42,44)(H,43,46)/b35-21+/t34-/m1/s1. The van der Waals surface area contributed by atoms with Crippen molar-refractivity contribution in [1.82, 2.24) is 10.6 Å². The second kappa shape index (κ2) is 18.0. The molecule has 0 aliphatic carbocycles. The van der Waals surface area contributed by atoms with Gasteiger partial charge in [-0.25, -0.2) is 4.79 Å². The van der Waals surface area contributed by atoms with Gasteiger partial charge in [0.2, 0.25) is 5.91 Å². The van der Waals surface area contributed by atoms with Gasteiger partial charge < -0.3 is 24.8 Å². The quantitative estimate of drug-likeness (QED) is 0.131. The van der Waals surface area contributed by atoms with Crippen LogP contribution in [0.25, 0.3) is 17.2 Å². The van der Waals surface area contributed by atoms with Gasteiger partial charge in [-0.15, -0.1) is 0 Å². The molecule has 0 spiro atoms. The minimum atomic E-state index is -0.794. The van der Waals surface area contributed by atoms with Gasteiger partial charge in [0.05, 0.1) is 36.4 Å². The average Bonchev–Trinajstić information content (AvgIpc) is 3.15. The molecule has 0 saturated carbocycles. The number of nitriles is 2. The molecule has 0 radical (unpaired) electrons. The summed E-state index contributed by atoms with van der Waals surface area (Å²) in [6.07, 6.45) is 1.47. The highest BCUT2D eigenvalue weighted by Crippen LogP contribution is 2.25. The fraction of sp³-hybridized carbons (Fsp3) is 0.179. The van der Waals surface area contributed by atoms with Gasteiger partial charge >= 0.3 is 11.9 Å². The van der Waals surface area contributed by atoms with Crippen LogP contribution in [0, 0.1) is 22.7 Å². The first-order valence-electron chi connectivity index (χ1n) is 15.5. The Morgan fingerprint density at radius 2 is 1.56 bits per heavy atom. The molecule has 0 bridgehead atoms. The van der Waals surface area contributed by atoms with E-state index in [2.05, 4.69) is 16.7 Å². The maximum Gasteiger partial charge on any atom is 0.354 e. The fourth-order valence-corrected chi connectivity index (χ4v) is 4.79. The largest absolute Gasteiger partial charge is 0.491 e. The van der Waals surface area contributed by atoms with Gasteiger partial charge in [-0.05, 0) is 71.7 Å². The summed E-state index contributed by atoms with van der Waals surface area (Å²) in [5, 5.41) is 24.0. The molecule has 0 heterocycles. The zero-order chi connectivity index (χ0) is 35.9. The maximum absolute atomic E-state index is 13.6. The highest BCUT2D eigenvalue weighted by molar-refractivity contribution is 5.98. The zero-order valence-corrected chi connectivity index (χ0v) is 27.5. The lowest BCUT2D eigenvalue weighted by molar-refractivity contribution is -0.145. The molecule has 4 aromatic rings. The van der Waals surface area contributed by atoms with E-state index in [9.17, 15) is 24.4 Å². The summed E-state index contributed by atoms with van der Waals surface area (Å²) in [5.74, 6) is -1.99. The normalized spacial score (nSPS) is 11.2. The number of esters is 2. The minimum Gasteiger partial charge on any atom is -0.491 e. The number of ether oxygens (including phenoxy) is 3. The molecule has 11 nitrogen and oxygen atoms in total. The zero-order valence-electron chi connectivity index (χ0n) is 27.5. The summed E-state index contributed by atoms with van der Waals surface area (Å²) in [7, 11) is 1.17. The van der Waals surface area contributed by atoms with Crippen LogP contribution in [-0.2, 0) is 30.5 Å². The smallest absolute Gasteiger partial charge is 0.354 e. The van der Waals surface area contributed by atoms with Crippen LogP contribution in [-0.4, -0.2) is 43.5 Å². The summed E-state index contributed by atoms with van der Waals surface area (Å²) in [6.45, 7) is 1.21. The van der Waals surface area contributed by atoms with Crippen LogP contribution < -0.4 is 15.4 Å². The van der Waals surface area contributed by atoms with Crippen LogP contribution in [0.1, 0.15) is 52.4 Å². The first kappa shape index (κ1) is 36.1. The summed E-state index contributed by atoms with van der Waals surface area (Å²) < 4.78 is 16.3. The van der Waals surface area contributed by atoms with E-state index in [1.807, 2.05) is 42.5 Å². The van der Waals surface area contributed by atoms with Crippen molar-refractivity contribution < 1.29 is 33.4 Å². The topological polar surface area (TPSA) is 168 Å². The van der Waals surface area contributed by atoms with Crippen molar-refractivity contribution in [3.63, 3.8) is 0 Å². The molecule has 0 aliphatic heterocycles. The first-order chi connectivity index (χ1) is 24.2. The molecule has 2 N–H and O–H groups in total. The first-order valence-corrected chi connectivity index (χ1v) is 15.5. The summed E-state index contributed by atoms with van der Waals surface area (Å²) in [5.41, 5.74) is 3.76. The number of amides is 2. The molecular formula is C39H34N4O7. The molecule has 50 heavy (non-hydrogen) atoms. The van der Waals surface area contributed by atoms with Crippen LogP contribution in [0.2, 0.25) is 0 Å². The predicted octanol–water partition coefficient (Wildman–Crippen LogP) is 5.45. The van der Waals surface area contributed by atoms with Gasteiger partial charge in [-0.2, -0.15) is 10.5 Å². The molecule has 0 saturated heterocycles. The second-order valence-electron chi connectivity index (χ2n) is 11.0. The van der Waals surface area contributed by atoms with E-state index >= 15 is 0 Å². The Labute approximate surface area is 289 Å². The highest BCUT2D eigenvalue weighted by Gasteiger charge is 2.20. The average molecular weight is 671 g/mol. The number of methoxy groups -OCH3 is 1. The van der Waals surface area contributed by atoms with Crippen molar-refractivity contribution in [1.29, 1.82) is 10.5 Å². The summed E-state index contributed by atoms with van der Waals surface area (Å²) >= 11 is 0. The molecule has 0 unspecified atom stereocenters. The molecule has 0 aromatic heterocycles. The third kappa shape index (κ3) is 10.7. The fourth-order valence-electron chi connectivity index (χ4n) is 4.79. The van der Waals surface area contributed by atoms with Crippen LogP contribution in [0.4, 0.5) is 0 Å². The van der Waals surface area contributed by atoms with Crippen LogP contribution in [0.15, 0.2) is 103 Å². The minimum absolute atomic E-state index is 0.0353. The van der Waals surface area contributed by atoms with E-state index in [1.54, 1.807) is 48.5 Å². The summed E-state index contributed by atoms with van der Waals surface area (Å²) in [6, 6.07) is 31.1. The molecule has 4 aromatic carbocycles. The number of hydrogen-bond donors (Lipinski definition) is 2. The van der Waals surface area contributed by atoms with Crippen LogP contribution in [0.3, 0.4) is 0 Å². The van der Waals surface area contributed by atoms with Gasteiger partial charge in [-0.3, -0.25) is 14.4 Å². The molecule has 11 heteroatoms. The molecule has 252 valence electrons. The SMILES string of the molecule is COC(=O)/C(=C\c1ccc(C#N)cc1OC[C@@H](CCC(=O)OCc1ccccc1)NC(=O)c1cccc(-c2ccc(C#N)cc2)c1)NC(C)=O. The summed E-state index contributed by atoms with van der Waals surface area (Å²) in [4.78, 5) is 50.4. The Kier molecular flexibility index (Phi) is 13.0. The third-order valence-electron chi connectivity index (χ3n) is 7.35. The molecule has 4 rings (SSSR count). The number of carbonyl (C=O) groups excluding carboxylic acids is 4. The van der Waals surface area contributed by atoms with Gasteiger partial charge in [0.15, 0.2) is 0 Å². The van der Waals surface area contributed by atoms with Gasteiger partial charge in [0.25, 0.3) is 5.91 Å². The number of carbonyl (C=O) groups is 4. The molecule has 0 aliphatic rings. The van der Waals surface area contributed by atoms with E-state index in [0.717, 1.165) is 16.7 Å². The van der Waals surface area contributed by atoms with E-state index in [-0.39, 0.29) is 43.1 Å². The van der Waals surface area contributed by atoms with Crippen molar-refractivity contribution in [2.75, 3.05) is 13.7 Å². The lowest BCUT2D eigenvalue weighted by atomic mass is 10.0. The number of hydrogen-bond acceptors (Lipinski definition) is 9. The molecular weight excluding hydrogens is 636 g/mol. The lowest BCUT2D eigenvalue weighted by Crippen LogP contribution is -2.39. The Hall–Kier alpha value is -6.72. The van der Waals surface area contributed by atoms with Crippen molar-refractivity contribution >= 4 is 29.8 Å². The van der Waals surface area contributed by atoms with Crippen molar-refractivity contribution in [3.8, 4) is 29.0 Å². The van der Waals surface area contributed by atoms with E-state index in [1.165, 1.54) is 32.2 Å². The van der Waals surface area contributed by atoms with Gasteiger partial charge in [0, 0.05) is 24.5 Å². The Balaban J connectivity index is 1.56. The maximum atomic E-state index is 13.6. The number of rotatable bonds is 14. The lowest BCUT2D eigenvalue weighted by Gasteiger charge is -2.20. The van der Waals surface area contributed by atoms with Crippen molar-refractivity contribution in [2.45, 2.75) is 32.4 Å². The van der Waals surface area contributed by atoms with E-state index in [4.69, 9.17) is 19.5 Å². The van der Waals surface area contributed by atoms with Crippen molar-refractivity contribution in [2.24, 2.45) is 0 Å². The highest BCUT2D eigenvalue weighted by atomic mass is 16.5. The number of nitrogens with zero attached hydrogens (tertiary/aromatic N) is 2. The van der Waals surface area contributed by atoms with E-state index in [0.29, 0.717) is 16.7 Å². The predicted molar refractivity (Wildman–Crippen MR) is 184 cm³/mol. The van der Waals surface area contributed by atoms with Gasteiger partial charge in [0.1, 0.15) is 24.7 Å². The van der Waals surface area contributed by atoms with E-state index < -0.39 is 29.8 Å². The molecule has 0 fully saturated rings. The Bertz CT molecular complexity index is 1960. The third-order valence-corrected chi connectivity index (χ3v) is 7.35. The number of nitrogens with one attached hydrogen (secondary N) is 2. The number of benzene rings is 4. The van der Waals surface area contributed by atoms with Crippen LogP contribution >= 0.6 is 0 Å². The van der Waals surface area contributed by atoms with Crippen molar-refractivity contribution in [3.05, 3.63) is 131 Å². The van der Waals surface area contributed by atoms with Crippen LogP contribution in [0.5, 0.6) is 5.75 Å². The Morgan fingerprint density at radius 3 is 2.24 bits per heavy atom. The Morgan fingerprint density at radius 1 is 0.840 bits per heavy atom. The second-order valence-corrected chi connectivity index (χ2v) is 11.0. The molecule has 2 amide bonds. The molecule has 1 atom stereocenters. The monoisotopic (exact) mass is 670 g/mol.